The first-order valence-electron chi connectivity index (χ1n) is 24.3. The maximum absolute atomic E-state index is 15.7. The van der Waals surface area contributed by atoms with Gasteiger partial charge >= 0.3 is 35.8 Å². The van der Waals surface area contributed by atoms with Crippen LogP contribution < -0.4 is 0 Å². The summed E-state index contributed by atoms with van der Waals surface area (Å²) in [4.78, 5) is 85.4. The van der Waals surface area contributed by atoms with Gasteiger partial charge < -0.3 is 38.6 Å². The number of hydrogen-bond donors (Lipinski definition) is 2. The first-order valence-corrected chi connectivity index (χ1v) is 24.3. The molecule has 14 heteroatoms. The maximum atomic E-state index is 15.7. The summed E-state index contributed by atoms with van der Waals surface area (Å²) < 4.78 is 36.3. The molecule has 13 aliphatic rings. The van der Waals surface area contributed by atoms with Gasteiger partial charge in [0.2, 0.25) is 6.29 Å². The lowest BCUT2D eigenvalue weighted by molar-refractivity contribution is -0.266. The summed E-state index contributed by atoms with van der Waals surface area (Å²) >= 11 is 0. The minimum absolute atomic E-state index is 0.0256. The van der Waals surface area contributed by atoms with Crippen LogP contribution in [0, 0.1) is 81.3 Å². The molecule has 14 nitrogen and oxygen atoms in total. The molecule has 3 saturated heterocycles. The summed E-state index contributed by atoms with van der Waals surface area (Å²) in [6, 6.07) is 0. The van der Waals surface area contributed by atoms with E-state index in [-0.39, 0.29) is 90.9 Å². The molecule has 0 aromatic rings. The molecule has 15 atom stereocenters. The van der Waals surface area contributed by atoms with E-state index in [1.807, 2.05) is 6.92 Å². The SMILES string of the molecule is CC1C(=O)OC(=O)C1C(C)(CC(C)(CC1C(C)C2CC1C1COC(=O)C21)C(=O)OC12CC3CC(C1)CC(C(=O)OC1CCCCO1)(C3)C2)C(=O)OC12CC3CC(O)(CC(O)(C3)C1)C2. The van der Waals surface area contributed by atoms with Crippen molar-refractivity contribution in [3.05, 3.63) is 0 Å². The van der Waals surface area contributed by atoms with Crippen molar-refractivity contribution in [3.63, 3.8) is 0 Å². The van der Waals surface area contributed by atoms with E-state index in [1.165, 1.54) is 0 Å². The molecular formula is C49H66O14. The molecule has 3 aliphatic heterocycles. The summed E-state index contributed by atoms with van der Waals surface area (Å²) in [5.74, 6) is -5.32. The smallest absolute Gasteiger partial charge is 0.318 e. The third kappa shape index (κ3) is 6.61. The molecule has 0 radical (unpaired) electrons. The fourth-order valence-electron chi connectivity index (χ4n) is 18.0. The lowest BCUT2D eigenvalue weighted by Gasteiger charge is -2.62. The topological polar surface area (TPSA) is 198 Å². The van der Waals surface area contributed by atoms with Gasteiger partial charge in [-0.1, -0.05) is 13.8 Å². The van der Waals surface area contributed by atoms with Gasteiger partial charge in [-0.3, -0.25) is 28.8 Å². The molecule has 2 N–H and O–H groups in total. The van der Waals surface area contributed by atoms with E-state index in [9.17, 15) is 29.4 Å². The molecule has 0 aromatic carbocycles. The van der Waals surface area contributed by atoms with Gasteiger partial charge in [0.05, 0.1) is 58.4 Å². The number of carbonyl (C=O) groups is 6. The van der Waals surface area contributed by atoms with Crippen LogP contribution in [0.5, 0.6) is 0 Å². The van der Waals surface area contributed by atoms with E-state index >= 15 is 9.59 Å². The Bertz CT molecular complexity index is 1970. The fraction of sp³-hybridized carbons (Fsp3) is 0.878. The number of carbonyl (C=O) groups excluding carboxylic acids is 6. The summed E-state index contributed by atoms with van der Waals surface area (Å²) in [5, 5.41) is 23.3. The molecular weight excluding hydrogens is 813 g/mol. The van der Waals surface area contributed by atoms with Crippen molar-refractivity contribution in [1.82, 2.24) is 0 Å². The van der Waals surface area contributed by atoms with E-state index in [0.29, 0.717) is 77.4 Å². The summed E-state index contributed by atoms with van der Waals surface area (Å²) in [7, 11) is 0. The predicted molar refractivity (Wildman–Crippen MR) is 217 cm³/mol. The minimum atomic E-state index is -1.78. The molecule has 13 fully saturated rings. The van der Waals surface area contributed by atoms with E-state index in [1.54, 1.807) is 13.8 Å². The highest BCUT2D eigenvalue weighted by atomic mass is 16.7. The van der Waals surface area contributed by atoms with Gasteiger partial charge in [0, 0.05) is 38.0 Å². The van der Waals surface area contributed by atoms with Crippen LogP contribution in [0.3, 0.4) is 0 Å². The van der Waals surface area contributed by atoms with E-state index in [4.69, 9.17) is 28.4 Å². The molecule has 10 aliphatic carbocycles. The van der Waals surface area contributed by atoms with Gasteiger partial charge in [0.15, 0.2) is 0 Å². The van der Waals surface area contributed by atoms with Crippen LogP contribution in [0.2, 0.25) is 0 Å². The van der Waals surface area contributed by atoms with Crippen LogP contribution in [-0.2, 0) is 57.2 Å². The van der Waals surface area contributed by atoms with Crippen LogP contribution in [0.1, 0.15) is 143 Å². The van der Waals surface area contributed by atoms with Gasteiger partial charge in [-0.2, -0.15) is 0 Å². The fourth-order valence-corrected chi connectivity index (χ4v) is 18.0. The summed E-state index contributed by atoms with van der Waals surface area (Å²) in [5.41, 5.74) is -8.56. The summed E-state index contributed by atoms with van der Waals surface area (Å²) in [6.45, 7) is 8.02. The van der Waals surface area contributed by atoms with Crippen molar-refractivity contribution >= 4 is 35.8 Å². The Morgan fingerprint density at radius 1 is 0.746 bits per heavy atom. The van der Waals surface area contributed by atoms with E-state index < -0.39 is 80.7 Å². The number of rotatable bonds is 11. The van der Waals surface area contributed by atoms with Gasteiger partial charge in [0.25, 0.3) is 0 Å². The van der Waals surface area contributed by atoms with Crippen molar-refractivity contribution < 1.29 is 67.4 Å². The molecule has 0 aromatic heterocycles. The average molecular weight is 879 g/mol. The monoisotopic (exact) mass is 878 g/mol. The number of fused-ring (bicyclic) bond motifs is 5. The lowest BCUT2D eigenvalue weighted by Crippen LogP contribution is -2.67. The van der Waals surface area contributed by atoms with Crippen molar-refractivity contribution in [2.45, 2.75) is 172 Å². The normalized spacial score (nSPS) is 50.4. The van der Waals surface area contributed by atoms with Crippen LogP contribution in [-0.4, -0.2) is 87.9 Å². The highest BCUT2D eigenvalue weighted by Gasteiger charge is 2.69. The molecule has 0 spiro atoms. The summed E-state index contributed by atoms with van der Waals surface area (Å²) in [6.07, 6.45) is 8.67. The van der Waals surface area contributed by atoms with Crippen LogP contribution >= 0.6 is 0 Å². The molecule has 63 heavy (non-hydrogen) atoms. The lowest BCUT2D eigenvalue weighted by atomic mass is 9.47. The molecule has 3 heterocycles. The standard InChI is InChI=1S/C49H66O14/c1-25-30-10-31(33-19-59-38(51)35(30)33)32(25)18-43(3,40(53)62-48-15-27-9-28(16-48)12-45(11-27,21-48)42(55)60-34-7-5-6-8-58-34)20-44(4,36-26(2)37(50)61-39(36)52)41(54)63-49-17-29-13-46(56,23-49)22-47(57,14-29)24-49/h25-36,56-57H,5-24H2,1-4H3. The van der Waals surface area contributed by atoms with Crippen molar-refractivity contribution in [1.29, 1.82) is 0 Å². The molecule has 10 bridgehead atoms. The van der Waals surface area contributed by atoms with Crippen molar-refractivity contribution in [2.75, 3.05) is 13.2 Å². The molecule has 13 rings (SSSR count). The Kier molecular flexibility index (Phi) is 9.43. The Balaban J connectivity index is 0.942. The van der Waals surface area contributed by atoms with Crippen LogP contribution in [0.4, 0.5) is 0 Å². The Labute approximate surface area is 368 Å². The maximum Gasteiger partial charge on any atom is 0.318 e. The van der Waals surface area contributed by atoms with E-state index in [0.717, 1.165) is 25.7 Å². The van der Waals surface area contributed by atoms with Crippen molar-refractivity contribution in [2.24, 2.45) is 81.3 Å². The van der Waals surface area contributed by atoms with Crippen LogP contribution in [0.25, 0.3) is 0 Å². The minimum Gasteiger partial charge on any atom is -0.465 e. The van der Waals surface area contributed by atoms with Gasteiger partial charge in [-0.25, -0.2) is 0 Å². The van der Waals surface area contributed by atoms with E-state index in [2.05, 4.69) is 6.92 Å². The first kappa shape index (κ1) is 42.5. The molecule has 10 saturated carbocycles. The first-order chi connectivity index (χ1) is 29.7. The third-order valence-corrected chi connectivity index (χ3v) is 19.4. The van der Waals surface area contributed by atoms with Crippen LogP contribution in [0.15, 0.2) is 0 Å². The van der Waals surface area contributed by atoms with Gasteiger partial charge in [-0.05, 0) is 139 Å². The zero-order chi connectivity index (χ0) is 44.3. The number of cyclic esters (lactones) is 3. The van der Waals surface area contributed by atoms with Gasteiger partial charge in [-0.15, -0.1) is 0 Å². The number of aliphatic hydroxyl groups is 2. The second-order valence-electron chi connectivity index (χ2n) is 24.3. The predicted octanol–water partition coefficient (Wildman–Crippen LogP) is 5.50. The Morgan fingerprint density at radius 3 is 2.06 bits per heavy atom. The second-order valence-corrected chi connectivity index (χ2v) is 24.3. The molecule has 0 amide bonds. The highest BCUT2D eigenvalue weighted by molar-refractivity contribution is 6.00. The molecule has 15 unspecified atom stereocenters. The Morgan fingerprint density at radius 2 is 1.43 bits per heavy atom. The third-order valence-electron chi connectivity index (χ3n) is 19.4. The van der Waals surface area contributed by atoms with Crippen molar-refractivity contribution in [3.8, 4) is 0 Å². The number of ether oxygens (including phenoxy) is 6. The Hall–Kier alpha value is -3.10. The average Bonchev–Trinajstić information content (AvgIpc) is 3.90. The number of esters is 6. The zero-order valence-electron chi connectivity index (χ0n) is 37.4. The largest absolute Gasteiger partial charge is 0.465 e. The second kappa shape index (κ2) is 14.0. The highest BCUT2D eigenvalue weighted by Crippen LogP contribution is 2.67. The molecule has 346 valence electrons. The van der Waals surface area contributed by atoms with Gasteiger partial charge in [0.1, 0.15) is 11.2 Å². The zero-order valence-corrected chi connectivity index (χ0v) is 37.4. The number of hydrogen-bond acceptors (Lipinski definition) is 14. The quantitative estimate of drug-likeness (QED) is 0.150.